The first-order valence-electron chi connectivity index (χ1n) is 6.08. The Morgan fingerprint density at radius 3 is 2.47 bits per heavy atom. The maximum absolute atomic E-state index is 5.30. The Balaban J connectivity index is 2.75. The first-order chi connectivity index (χ1) is 8.21. The van der Waals surface area contributed by atoms with Crippen LogP contribution >= 0.6 is 0 Å². The molecule has 0 N–H and O–H groups in total. The summed E-state index contributed by atoms with van der Waals surface area (Å²) in [7, 11) is 3.33. The van der Waals surface area contributed by atoms with Gasteiger partial charge in [-0.25, -0.2) is 0 Å². The standard InChI is InChI=1S/C15H22O2/c1-5-6-7-12(2)10-13-8-9-14(16-3)15(11-13)17-4/h6-9,11-12H,5,10H2,1-4H3/b7-6-. The summed E-state index contributed by atoms with van der Waals surface area (Å²) in [6.07, 6.45) is 6.59. The normalized spacial score (nSPS) is 12.7. The summed E-state index contributed by atoms with van der Waals surface area (Å²) in [5.41, 5.74) is 1.27. The summed E-state index contributed by atoms with van der Waals surface area (Å²) in [4.78, 5) is 0. The highest BCUT2D eigenvalue weighted by Crippen LogP contribution is 2.28. The predicted octanol–water partition coefficient (Wildman–Crippen LogP) is 3.85. The summed E-state index contributed by atoms with van der Waals surface area (Å²) < 4.78 is 10.5. The minimum atomic E-state index is 0.549. The number of benzene rings is 1. The molecule has 1 rings (SSSR count). The quantitative estimate of drug-likeness (QED) is 0.696. The number of rotatable bonds is 6. The number of ether oxygens (including phenoxy) is 2. The Hall–Kier alpha value is -1.44. The summed E-state index contributed by atoms with van der Waals surface area (Å²) >= 11 is 0. The molecule has 0 aliphatic heterocycles. The van der Waals surface area contributed by atoms with Crippen molar-refractivity contribution >= 4 is 0 Å². The van der Waals surface area contributed by atoms with Gasteiger partial charge in [0.1, 0.15) is 0 Å². The number of methoxy groups -OCH3 is 2. The molecule has 0 heterocycles. The number of hydrogen-bond donors (Lipinski definition) is 0. The fraction of sp³-hybridized carbons (Fsp3) is 0.467. The Kier molecular flexibility index (Phi) is 5.61. The minimum Gasteiger partial charge on any atom is -0.493 e. The van der Waals surface area contributed by atoms with E-state index in [1.807, 2.05) is 6.07 Å². The van der Waals surface area contributed by atoms with Crippen LogP contribution in [-0.4, -0.2) is 14.2 Å². The van der Waals surface area contributed by atoms with Crippen molar-refractivity contribution in [3.63, 3.8) is 0 Å². The van der Waals surface area contributed by atoms with Gasteiger partial charge in [0.15, 0.2) is 11.5 Å². The largest absolute Gasteiger partial charge is 0.493 e. The topological polar surface area (TPSA) is 18.5 Å². The second kappa shape index (κ2) is 7.00. The van der Waals surface area contributed by atoms with Gasteiger partial charge < -0.3 is 9.47 Å². The van der Waals surface area contributed by atoms with Crippen LogP contribution in [0.15, 0.2) is 30.4 Å². The maximum Gasteiger partial charge on any atom is 0.160 e. The molecule has 0 radical (unpaired) electrons. The SMILES string of the molecule is CC/C=C\C(C)Cc1ccc(OC)c(OC)c1. The molecule has 2 nitrogen and oxygen atoms in total. The monoisotopic (exact) mass is 234 g/mol. The van der Waals surface area contributed by atoms with E-state index in [0.29, 0.717) is 5.92 Å². The predicted molar refractivity (Wildman–Crippen MR) is 71.8 cm³/mol. The molecule has 0 saturated heterocycles. The second-order valence-corrected chi connectivity index (χ2v) is 4.21. The fourth-order valence-corrected chi connectivity index (χ4v) is 1.82. The van der Waals surface area contributed by atoms with Crippen LogP contribution in [0.1, 0.15) is 25.8 Å². The third-order valence-electron chi connectivity index (χ3n) is 2.71. The lowest BCUT2D eigenvalue weighted by Crippen LogP contribution is -1.98. The average Bonchev–Trinajstić information content (AvgIpc) is 2.36. The highest BCUT2D eigenvalue weighted by atomic mass is 16.5. The molecule has 1 aromatic rings. The minimum absolute atomic E-state index is 0.549. The molecule has 0 aliphatic carbocycles. The van der Waals surface area contributed by atoms with E-state index >= 15 is 0 Å². The Morgan fingerprint density at radius 1 is 1.18 bits per heavy atom. The van der Waals surface area contributed by atoms with E-state index in [2.05, 4.69) is 38.1 Å². The van der Waals surface area contributed by atoms with Gasteiger partial charge in [0, 0.05) is 0 Å². The zero-order valence-electron chi connectivity index (χ0n) is 11.2. The van der Waals surface area contributed by atoms with Crippen LogP contribution < -0.4 is 9.47 Å². The van der Waals surface area contributed by atoms with Crippen molar-refractivity contribution in [2.45, 2.75) is 26.7 Å². The van der Waals surface area contributed by atoms with E-state index in [1.54, 1.807) is 14.2 Å². The van der Waals surface area contributed by atoms with Crippen molar-refractivity contribution in [2.75, 3.05) is 14.2 Å². The molecule has 0 spiro atoms. The van der Waals surface area contributed by atoms with E-state index in [0.717, 1.165) is 24.3 Å². The molecule has 0 bridgehead atoms. The van der Waals surface area contributed by atoms with E-state index < -0.39 is 0 Å². The molecule has 1 aromatic carbocycles. The molecular weight excluding hydrogens is 212 g/mol. The van der Waals surface area contributed by atoms with Crippen LogP contribution in [0, 0.1) is 5.92 Å². The molecule has 0 aliphatic rings. The average molecular weight is 234 g/mol. The van der Waals surface area contributed by atoms with E-state index in [-0.39, 0.29) is 0 Å². The first-order valence-corrected chi connectivity index (χ1v) is 6.08. The van der Waals surface area contributed by atoms with Gasteiger partial charge in [0.25, 0.3) is 0 Å². The molecule has 0 saturated carbocycles. The van der Waals surface area contributed by atoms with Crippen molar-refractivity contribution in [3.8, 4) is 11.5 Å². The number of allylic oxidation sites excluding steroid dienone is 2. The maximum atomic E-state index is 5.30. The number of hydrogen-bond acceptors (Lipinski definition) is 2. The van der Waals surface area contributed by atoms with Gasteiger partial charge in [-0.2, -0.15) is 0 Å². The smallest absolute Gasteiger partial charge is 0.160 e. The van der Waals surface area contributed by atoms with E-state index in [9.17, 15) is 0 Å². The molecule has 0 fully saturated rings. The molecule has 17 heavy (non-hydrogen) atoms. The van der Waals surface area contributed by atoms with Gasteiger partial charge in [0.05, 0.1) is 14.2 Å². The Labute approximate surface area is 104 Å². The van der Waals surface area contributed by atoms with Crippen LogP contribution in [0.25, 0.3) is 0 Å². The van der Waals surface area contributed by atoms with Crippen molar-refractivity contribution in [1.29, 1.82) is 0 Å². The highest BCUT2D eigenvalue weighted by molar-refractivity contribution is 5.43. The van der Waals surface area contributed by atoms with Crippen LogP contribution in [0.5, 0.6) is 11.5 Å². The van der Waals surface area contributed by atoms with Crippen molar-refractivity contribution in [1.82, 2.24) is 0 Å². The van der Waals surface area contributed by atoms with Gasteiger partial charge >= 0.3 is 0 Å². The van der Waals surface area contributed by atoms with Gasteiger partial charge in [-0.1, -0.05) is 32.1 Å². The van der Waals surface area contributed by atoms with Gasteiger partial charge in [-0.15, -0.1) is 0 Å². The summed E-state index contributed by atoms with van der Waals surface area (Å²) in [6.45, 7) is 4.38. The second-order valence-electron chi connectivity index (χ2n) is 4.21. The molecule has 2 heteroatoms. The Morgan fingerprint density at radius 2 is 1.88 bits per heavy atom. The zero-order valence-corrected chi connectivity index (χ0v) is 11.2. The first kappa shape index (κ1) is 13.6. The van der Waals surface area contributed by atoms with Crippen LogP contribution in [0.2, 0.25) is 0 Å². The fourth-order valence-electron chi connectivity index (χ4n) is 1.82. The highest BCUT2D eigenvalue weighted by Gasteiger charge is 2.06. The lowest BCUT2D eigenvalue weighted by Gasteiger charge is -2.11. The van der Waals surface area contributed by atoms with Crippen LogP contribution in [-0.2, 0) is 6.42 Å². The van der Waals surface area contributed by atoms with Crippen molar-refractivity contribution in [3.05, 3.63) is 35.9 Å². The van der Waals surface area contributed by atoms with Crippen molar-refractivity contribution in [2.24, 2.45) is 5.92 Å². The summed E-state index contributed by atoms with van der Waals surface area (Å²) in [6, 6.07) is 6.11. The van der Waals surface area contributed by atoms with Gasteiger partial charge in [0.2, 0.25) is 0 Å². The molecule has 0 amide bonds. The lowest BCUT2D eigenvalue weighted by atomic mass is 10.00. The molecule has 94 valence electrons. The van der Waals surface area contributed by atoms with E-state index in [4.69, 9.17) is 9.47 Å². The molecule has 1 atom stereocenters. The Bertz CT molecular complexity index is 369. The van der Waals surface area contributed by atoms with E-state index in [1.165, 1.54) is 5.56 Å². The third-order valence-corrected chi connectivity index (χ3v) is 2.71. The van der Waals surface area contributed by atoms with Crippen LogP contribution in [0.4, 0.5) is 0 Å². The zero-order chi connectivity index (χ0) is 12.7. The molecule has 0 aromatic heterocycles. The lowest BCUT2D eigenvalue weighted by molar-refractivity contribution is 0.354. The molecular formula is C15H22O2. The van der Waals surface area contributed by atoms with Gasteiger partial charge in [-0.05, 0) is 36.5 Å². The summed E-state index contributed by atoms with van der Waals surface area (Å²) in [5, 5.41) is 0. The molecule has 1 unspecified atom stereocenters. The van der Waals surface area contributed by atoms with Crippen LogP contribution in [0.3, 0.4) is 0 Å². The summed E-state index contributed by atoms with van der Waals surface area (Å²) in [5.74, 6) is 2.14. The van der Waals surface area contributed by atoms with Crippen molar-refractivity contribution < 1.29 is 9.47 Å². The van der Waals surface area contributed by atoms with Gasteiger partial charge in [-0.3, -0.25) is 0 Å². The third kappa shape index (κ3) is 4.14.